The minimum absolute atomic E-state index is 0.193. The van der Waals surface area contributed by atoms with Crippen molar-refractivity contribution in [1.82, 2.24) is 0 Å². The molecule has 0 aliphatic heterocycles. The summed E-state index contributed by atoms with van der Waals surface area (Å²) in [5.41, 5.74) is 0. The highest BCUT2D eigenvalue weighted by Crippen LogP contribution is 1.78. The molecule has 0 saturated carbocycles. The van der Waals surface area contributed by atoms with E-state index in [0.717, 1.165) is 6.42 Å². The fourth-order valence-electron chi connectivity index (χ4n) is 0.246. The number of ether oxygens (including phenoxy) is 1. The topological polar surface area (TPSA) is 63.6 Å². The normalized spacial score (nSPS) is 7.92. The van der Waals surface area contributed by atoms with Gasteiger partial charge in [-0.05, 0) is 6.42 Å². The van der Waals surface area contributed by atoms with E-state index in [4.69, 9.17) is 5.11 Å². The van der Waals surface area contributed by atoms with E-state index in [1.807, 2.05) is 6.92 Å². The Labute approximate surface area is 72.5 Å². The van der Waals surface area contributed by atoms with Crippen LogP contribution in [0.1, 0.15) is 33.6 Å². The predicted molar refractivity (Wildman–Crippen MR) is 44.9 cm³/mol. The second kappa shape index (κ2) is 9.94. The fourth-order valence-corrected chi connectivity index (χ4v) is 0.246. The Balaban J connectivity index is 0. The third-order valence-corrected chi connectivity index (χ3v) is 0.812. The minimum Gasteiger partial charge on any atom is -0.481 e. The van der Waals surface area contributed by atoms with Crippen LogP contribution in [-0.4, -0.2) is 23.7 Å². The van der Waals surface area contributed by atoms with Crippen molar-refractivity contribution in [2.75, 3.05) is 6.61 Å². The van der Waals surface area contributed by atoms with Gasteiger partial charge in [-0.2, -0.15) is 0 Å². The number of carbonyl (C=O) groups excluding carboxylic acids is 1. The number of aliphatic carboxylic acids is 1. The summed E-state index contributed by atoms with van der Waals surface area (Å²) in [5, 5.41) is 7.72. The monoisotopic (exact) mass is 176 g/mol. The summed E-state index contributed by atoms with van der Waals surface area (Å²) in [6.45, 7) is 5.52. The first-order valence-corrected chi connectivity index (χ1v) is 3.89. The lowest BCUT2D eigenvalue weighted by Gasteiger charge is -1.93. The minimum atomic E-state index is -0.745. The van der Waals surface area contributed by atoms with Crippen LogP contribution >= 0.6 is 0 Å². The van der Waals surface area contributed by atoms with Crippen molar-refractivity contribution in [3.8, 4) is 0 Å². The quantitative estimate of drug-likeness (QED) is 0.661. The second-order valence-electron chi connectivity index (χ2n) is 2.09. The van der Waals surface area contributed by atoms with Gasteiger partial charge in [-0.25, -0.2) is 0 Å². The molecule has 4 heteroatoms. The van der Waals surface area contributed by atoms with Crippen LogP contribution in [0.2, 0.25) is 0 Å². The lowest BCUT2D eigenvalue weighted by atomic mass is 10.5. The van der Waals surface area contributed by atoms with Gasteiger partial charge < -0.3 is 9.84 Å². The molecule has 0 rings (SSSR count). The standard InChI is InChI=1S/C5H10O2.C3H6O2/c1-3-4-7-5(2)6;1-2-3(4)5/h3-4H2,1-2H3;2H2,1H3,(H,4,5). The van der Waals surface area contributed by atoms with Crippen LogP contribution < -0.4 is 0 Å². The number of hydrogen-bond acceptors (Lipinski definition) is 3. The van der Waals surface area contributed by atoms with Crippen LogP contribution in [0.3, 0.4) is 0 Å². The van der Waals surface area contributed by atoms with Crippen LogP contribution in [0.5, 0.6) is 0 Å². The van der Waals surface area contributed by atoms with Crippen LogP contribution in [0.15, 0.2) is 0 Å². The molecule has 0 radical (unpaired) electrons. The van der Waals surface area contributed by atoms with Crippen molar-refractivity contribution in [3.05, 3.63) is 0 Å². The molecule has 0 aromatic rings. The zero-order valence-electron chi connectivity index (χ0n) is 7.79. The first kappa shape index (κ1) is 13.5. The van der Waals surface area contributed by atoms with E-state index in [0.29, 0.717) is 6.61 Å². The third kappa shape index (κ3) is 23.1. The van der Waals surface area contributed by atoms with Gasteiger partial charge in [-0.15, -0.1) is 0 Å². The van der Waals surface area contributed by atoms with Crippen LogP contribution in [0.4, 0.5) is 0 Å². The molecule has 0 amide bonds. The number of hydrogen-bond donors (Lipinski definition) is 1. The van der Waals surface area contributed by atoms with E-state index >= 15 is 0 Å². The predicted octanol–water partition coefficient (Wildman–Crippen LogP) is 1.44. The van der Waals surface area contributed by atoms with Gasteiger partial charge in [0.15, 0.2) is 0 Å². The lowest BCUT2D eigenvalue weighted by molar-refractivity contribution is -0.141. The molecular formula is C8H16O4. The highest BCUT2D eigenvalue weighted by Gasteiger charge is 1.85. The fraction of sp³-hybridized carbons (Fsp3) is 0.750. The van der Waals surface area contributed by atoms with E-state index < -0.39 is 5.97 Å². The summed E-state index contributed by atoms with van der Waals surface area (Å²) in [5.74, 6) is -0.938. The molecule has 0 spiro atoms. The Morgan fingerprint density at radius 1 is 1.33 bits per heavy atom. The van der Waals surface area contributed by atoms with E-state index in [-0.39, 0.29) is 12.4 Å². The Morgan fingerprint density at radius 3 is 1.83 bits per heavy atom. The number of carboxylic acids is 1. The third-order valence-electron chi connectivity index (χ3n) is 0.812. The Bertz CT molecular complexity index is 131. The van der Waals surface area contributed by atoms with Gasteiger partial charge in [0.05, 0.1) is 6.61 Å². The van der Waals surface area contributed by atoms with Gasteiger partial charge >= 0.3 is 11.9 Å². The van der Waals surface area contributed by atoms with Crippen LogP contribution in [-0.2, 0) is 14.3 Å². The highest BCUT2D eigenvalue weighted by molar-refractivity contribution is 5.66. The molecule has 0 aliphatic rings. The molecule has 0 bridgehead atoms. The van der Waals surface area contributed by atoms with Gasteiger partial charge in [-0.3, -0.25) is 9.59 Å². The number of esters is 1. The van der Waals surface area contributed by atoms with Gasteiger partial charge in [0, 0.05) is 13.3 Å². The summed E-state index contributed by atoms with van der Waals surface area (Å²) in [4.78, 5) is 19.3. The van der Waals surface area contributed by atoms with Crippen molar-refractivity contribution in [2.45, 2.75) is 33.6 Å². The Hall–Kier alpha value is -1.06. The van der Waals surface area contributed by atoms with Crippen molar-refractivity contribution < 1.29 is 19.4 Å². The van der Waals surface area contributed by atoms with E-state index in [1.165, 1.54) is 6.92 Å². The smallest absolute Gasteiger partial charge is 0.303 e. The summed E-state index contributed by atoms with van der Waals surface area (Å²) in [6, 6.07) is 0. The van der Waals surface area contributed by atoms with Gasteiger partial charge in [-0.1, -0.05) is 13.8 Å². The highest BCUT2D eigenvalue weighted by atomic mass is 16.5. The Morgan fingerprint density at radius 2 is 1.75 bits per heavy atom. The molecule has 12 heavy (non-hydrogen) atoms. The number of carboxylic acid groups (broad SMARTS) is 1. The van der Waals surface area contributed by atoms with Crippen molar-refractivity contribution in [2.24, 2.45) is 0 Å². The molecule has 4 nitrogen and oxygen atoms in total. The summed E-state index contributed by atoms with van der Waals surface area (Å²) in [6.07, 6.45) is 1.12. The zero-order valence-corrected chi connectivity index (χ0v) is 7.79. The summed E-state index contributed by atoms with van der Waals surface area (Å²) in [7, 11) is 0. The molecule has 72 valence electrons. The maximum atomic E-state index is 9.98. The molecule has 0 aromatic carbocycles. The van der Waals surface area contributed by atoms with Gasteiger partial charge in [0.25, 0.3) is 0 Å². The Kier molecular flexibility index (Phi) is 11.2. The van der Waals surface area contributed by atoms with Crippen molar-refractivity contribution in [1.29, 1.82) is 0 Å². The van der Waals surface area contributed by atoms with E-state index in [9.17, 15) is 9.59 Å². The first-order chi connectivity index (χ1) is 5.54. The number of carbonyl (C=O) groups is 2. The molecule has 0 aliphatic carbocycles. The molecule has 0 saturated heterocycles. The average Bonchev–Trinajstić information content (AvgIpc) is 2.02. The van der Waals surface area contributed by atoms with Crippen molar-refractivity contribution in [3.63, 3.8) is 0 Å². The van der Waals surface area contributed by atoms with Crippen molar-refractivity contribution >= 4 is 11.9 Å². The van der Waals surface area contributed by atoms with Gasteiger partial charge in [0.1, 0.15) is 0 Å². The lowest BCUT2D eigenvalue weighted by Crippen LogP contribution is -1.98. The molecule has 1 N–H and O–H groups in total. The average molecular weight is 176 g/mol. The SMILES string of the molecule is CCC(=O)O.CCCOC(C)=O. The molecular weight excluding hydrogens is 160 g/mol. The maximum Gasteiger partial charge on any atom is 0.303 e. The maximum absolute atomic E-state index is 9.98. The molecule has 0 unspecified atom stereocenters. The molecule has 0 heterocycles. The molecule has 0 fully saturated rings. The summed E-state index contributed by atoms with van der Waals surface area (Å²) < 4.78 is 4.55. The molecule has 0 atom stereocenters. The zero-order chi connectivity index (χ0) is 9.98. The van der Waals surface area contributed by atoms with Crippen LogP contribution in [0, 0.1) is 0 Å². The molecule has 0 aromatic heterocycles. The van der Waals surface area contributed by atoms with Crippen LogP contribution in [0.25, 0.3) is 0 Å². The first-order valence-electron chi connectivity index (χ1n) is 3.89. The largest absolute Gasteiger partial charge is 0.481 e. The second-order valence-corrected chi connectivity index (χ2v) is 2.09. The summed E-state index contributed by atoms with van der Waals surface area (Å²) >= 11 is 0. The van der Waals surface area contributed by atoms with E-state index in [1.54, 1.807) is 6.92 Å². The van der Waals surface area contributed by atoms with E-state index in [2.05, 4.69) is 4.74 Å². The number of rotatable bonds is 3. The van der Waals surface area contributed by atoms with Gasteiger partial charge in [0.2, 0.25) is 0 Å².